The summed E-state index contributed by atoms with van der Waals surface area (Å²) in [5, 5.41) is 0. The molecule has 0 aromatic heterocycles. The lowest BCUT2D eigenvalue weighted by Crippen LogP contribution is -2.37. The summed E-state index contributed by atoms with van der Waals surface area (Å²) >= 11 is 0. The number of hydrogen-bond donors (Lipinski definition) is 1. The van der Waals surface area contributed by atoms with Gasteiger partial charge in [-0.15, -0.1) is 0 Å². The number of likely N-dealkylation sites (tertiary alicyclic amines) is 1. The zero-order valence-electron chi connectivity index (χ0n) is 12.0. The van der Waals surface area contributed by atoms with Gasteiger partial charge in [-0.3, -0.25) is 4.90 Å². The second-order valence-electron chi connectivity index (χ2n) is 5.27. The molecule has 1 aromatic carbocycles. The molecule has 1 aliphatic heterocycles. The number of nitrogens with two attached hydrogens (primary N) is 1. The fourth-order valence-electron chi connectivity index (χ4n) is 2.73. The Morgan fingerprint density at radius 3 is 2.42 bits per heavy atom. The van der Waals surface area contributed by atoms with Crippen LogP contribution in [-0.2, 0) is 0 Å². The highest BCUT2D eigenvalue weighted by Gasteiger charge is 2.20. The van der Waals surface area contributed by atoms with Crippen LogP contribution >= 0.6 is 0 Å². The average Bonchev–Trinajstić information content (AvgIpc) is 2.48. The van der Waals surface area contributed by atoms with E-state index in [1.807, 2.05) is 0 Å². The quantitative estimate of drug-likeness (QED) is 0.856. The molecular weight excluding hydrogens is 236 g/mol. The molecule has 1 fully saturated rings. The Labute approximate surface area is 116 Å². The summed E-state index contributed by atoms with van der Waals surface area (Å²) in [6, 6.07) is 8.82. The van der Waals surface area contributed by atoms with Crippen molar-refractivity contribution in [3.05, 3.63) is 29.8 Å². The number of nitrogens with zero attached hydrogens (tertiary/aromatic N) is 1. The van der Waals surface area contributed by atoms with Crippen LogP contribution in [0.25, 0.3) is 0 Å². The Morgan fingerprint density at radius 2 is 1.84 bits per heavy atom. The van der Waals surface area contributed by atoms with Crippen molar-refractivity contribution in [3.8, 4) is 5.75 Å². The van der Waals surface area contributed by atoms with E-state index in [0.29, 0.717) is 12.6 Å². The molecule has 0 aliphatic carbocycles. The predicted molar refractivity (Wildman–Crippen MR) is 79.4 cm³/mol. The Balaban J connectivity index is 2.01. The topological polar surface area (TPSA) is 38.5 Å². The SMILES string of the molecule is CCCOc1ccc(C(CN)N2CCCCC2)cc1. The molecule has 0 bridgehead atoms. The van der Waals surface area contributed by atoms with Crippen molar-refractivity contribution in [2.75, 3.05) is 26.2 Å². The van der Waals surface area contributed by atoms with Gasteiger partial charge in [-0.2, -0.15) is 0 Å². The van der Waals surface area contributed by atoms with Crippen LogP contribution in [0.3, 0.4) is 0 Å². The zero-order chi connectivity index (χ0) is 13.5. The molecule has 3 nitrogen and oxygen atoms in total. The van der Waals surface area contributed by atoms with Crippen molar-refractivity contribution in [2.24, 2.45) is 5.73 Å². The van der Waals surface area contributed by atoms with Crippen LogP contribution in [-0.4, -0.2) is 31.1 Å². The number of piperidine rings is 1. The van der Waals surface area contributed by atoms with E-state index in [1.165, 1.54) is 37.9 Å². The second kappa shape index (κ2) is 7.51. The Hall–Kier alpha value is -1.06. The number of rotatable bonds is 6. The molecule has 2 rings (SSSR count). The first-order chi connectivity index (χ1) is 9.35. The minimum absolute atomic E-state index is 0.362. The van der Waals surface area contributed by atoms with Crippen molar-refractivity contribution in [2.45, 2.75) is 38.6 Å². The summed E-state index contributed by atoms with van der Waals surface area (Å²) in [6.45, 7) is 5.95. The molecule has 0 radical (unpaired) electrons. The van der Waals surface area contributed by atoms with Crippen LogP contribution in [0.5, 0.6) is 5.75 Å². The van der Waals surface area contributed by atoms with E-state index >= 15 is 0 Å². The van der Waals surface area contributed by atoms with Gasteiger partial charge in [-0.25, -0.2) is 0 Å². The van der Waals surface area contributed by atoms with E-state index in [-0.39, 0.29) is 0 Å². The largest absolute Gasteiger partial charge is 0.494 e. The van der Waals surface area contributed by atoms with Crippen LogP contribution in [0.4, 0.5) is 0 Å². The van der Waals surface area contributed by atoms with Gasteiger partial charge in [-0.1, -0.05) is 25.5 Å². The molecular formula is C16H26N2O. The van der Waals surface area contributed by atoms with Gasteiger partial charge < -0.3 is 10.5 Å². The monoisotopic (exact) mass is 262 g/mol. The van der Waals surface area contributed by atoms with Crippen molar-refractivity contribution in [1.29, 1.82) is 0 Å². The minimum atomic E-state index is 0.362. The summed E-state index contributed by atoms with van der Waals surface area (Å²) in [5.74, 6) is 0.958. The molecule has 1 heterocycles. The lowest BCUT2D eigenvalue weighted by Gasteiger charge is -2.34. The third kappa shape index (κ3) is 3.95. The van der Waals surface area contributed by atoms with Crippen LogP contribution < -0.4 is 10.5 Å². The molecule has 1 unspecified atom stereocenters. The minimum Gasteiger partial charge on any atom is -0.494 e. The Kier molecular flexibility index (Phi) is 5.67. The van der Waals surface area contributed by atoms with E-state index in [4.69, 9.17) is 10.5 Å². The summed E-state index contributed by atoms with van der Waals surface area (Å²) in [7, 11) is 0. The molecule has 19 heavy (non-hydrogen) atoms. The Morgan fingerprint density at radius 1 is 1.16 bits per heavy atom. The highest BCUT2D eigenvalue weighted by molar-refractivity contribution is 5.29. The molecule has 1 aliphatic rings. The molecule has 0 saturated carbocycles. The van der Waals surface area contributed by atoms with E-state index in [0.717, 1.165) is 18.8 Å². The Bertz CT molecular complexity index is 358. The summed E-state index contributed by atoms with van der Waals surface area (Å²) in [4.78, 5) is 2.52. The van der Waals surface area contributed by atoms with E-state index in [9.17, 15) is 0 Å². The maximum Gasteiger partial charge on any atom is 0.119 e. The summed E-state index contributed by atoms with van der Waals surface area (Å²) in [6.07, 6.45) is 5.00. The van der Waals surface area contributed by atoms with Crippen LogP contribution in [0.15, 0.2) is 24.3 Å². The molecule has 2 N–H and O–H groups in total. The molecule has 0 amide bonds. The normalized spacial score (nSPS) is 18.2. The number of benzene rings is 1. The molecule has 3 heteroatoms. The molecule has 1 atom stereocenters. The van der Waals surface area contributed by atoms with Crippen LogP contribution in [0.1, 0.15) is 44.2 Å². The fraction of sp³-hybridized carbons (Fsp3) is 0.625. The van der Waals surface area contributed by atoms with Gasteiger partial charge in [0.25, 0.3) is 0 Å². The second-order valence-corrected chi connectivity index (χ2v) is 5.27. The predicted octanol–water partition coefficient (Wildman–Crippen LogP) is 2.96. The highest BCUT2D eigenvalue weighted by atomic mass is 16.5. The van der Waals surface area contributed by atoms with Gasteiger partial charge in [0.2, 0.25) is 0 Å². The van der Waals surface area contributed by atoms with Crippen LogP contribution in [0, 0.1) is 0 Å². The third-order valence-corrected chi connectivity index (χ3v) is 3.79. The van der Waals surface area contributed by atoms with Gasteiger partial charge >= 0.3 is 0 Å². The van der Waals surface area contributed by atoms with Gasteiger partial charge in [0.15, 0.2) is 0 Å². The van der Waals surface area contributed by atoms with Crippen LogP contribution in [0.2, 0.25) is 0 Å². The van der Waals surface area contributed by atoms with E-state index in [1.54, 1.807) is 0 Å². The number of ether oxygens (including phenoxy) is 1. The van der Waals surface area contributed by atoms with Crippen molar-refractivity contribution in [3.63, 3.8) is 0 Å². The van der Waals surface area contributed by atoms with Crippen molar-refractivity contribution >= 4 is 0 Å². The van der Waals surface area contributed by atoms with E-state index < -0.39 is 0 Å². The summed E-state index contributed by atoms with van der Waals surface area (Å²) in [5.41, 5.74) is 7.29. The van der Waals surface area contributed by atoms with Gasteiger partial charge in [-0.05, 0) is 50.0 Å². The molecule has 0 spiro atoms. The maximum absolute atomic E-state index is 5.98. The molecule has 1 aromatic rings. The van der Waals surface area contributed by atoms with Gasteiger partial charge in [0.1, 0.15) is 5.75 Å². The smallest absolute Gasteiger partial charge is 0.119 e. The van der Waals surface area contributed by atoms with Crippen molar-refractivity contribution in [1.82, 2.24) is 4.90 Å². The van der Waals surface area contributed by atoms with E-state index in [2.05, 4.69) is 36.1 Å². The lowest BCUT2D eigenvalue weighted by atomic mass is 10.0. The van der Waals surface area contributed by atoms with Crippen molar-refractivity contribution < 1.29 is 4.74 Å². The third-order valence-electron chi connectivity index (χ3n) is 3.79. The maximum atomic E-state index is 5.98. The highest BCUT2D eigenvalue weighted by Crippen LogP contribution is 2.25. The zero-order valence-corrected chi connectivity index (χ0v) is 12.0. The first-order valence-corrected chi connectivity index (χ1v) is 7.52. The standard InChI is InChI=1S/C16H26N2O/c1-2-12-19-15-8-6-14(7-9-15)16(13-17)18-10-4-3-5-11-18/h6-9,16H,2-5,10-13,17H2,1H3. The average molecular weight is 262 g/mol. The lowest BCUT2D eigenvalue weighted by molar-refractivity contribution is 0.167. The fourth-order valence-corrected chi connectivity index (χ4v) is 2.73. The first kappa shape index (κ1) is 14.4. The molecule has 106 valence electrons. The first-order valence-electron chi connectivity index (χ1n) is 7.52. The summed E-state index contributed by atoms with van der Waals surface area (Å²) < 4.78 is 5.62. The van der Waals surface area contributed by atoms with Gasteiger partial charge in [0.05, 0.1) is 6.61 Å². The number of hydrogen-bond acceptors (Lipinski definition) is 3. The molecule has 1 saturated heterocycles. The van der Waals surface area contributed by atoms with Gasteiger partial charge in [0, 0.05) is 12.6 Å².